The van der Waals surface area contributed by atoms with Gasteiger partial charge in [-0.1, -0.05) is 55.0 Å². The summed E-state index contributed by atoms with van der Waals surface area (Å²) < 4.78 is 0. The fourth-order valence-electron chi connectivity index (χ4n) is 4.40. The van der Waals surface area contributed by atoms with Crippen LogP contribution in [0.4, 0.5) is 0 Å². The van der Waals surface area contributed by atoms with Gasteiger partial charge < -0.3 is 4.98 Å². The summed E-state index contributed by atoms with van der Waals surface area (Å²) in [6.45, 7) is 4.41. The molecular formula is C22H26N2. The number of aromatic amines is 1. The number of hydrogen-bond acceptors (Lipinski definition) is 1. The molecule has 1 N–H and O–H groups in total. The Balaban J connectivity index is 1.76. The van der Waals surface area contributed by atoms with Crippen molar-refractivity contribution in [2.45, 2.75) is 51.9 Å². The summed E-state index contributed by atoms with van der Waals surface area (Å²) >= 11 is 0. The molecule has 1 fully saturated rings. The van der Waals surface area contributed by atoms with Crippen LogP contribution in [-0.2, 0) is 0 Å². The molecule has 0 spiro atoms. The highest BCUT2D eigenvalue weighted by Gasteiger charge is 2.24. The van der Waals surface area contributed by atoms with E-state index in [2.05, 4.69) is 54.1 Å². The Morgan fingerprint density at radius 3 is 2.54 bits per heavy atom. The Morgan fingerprint density at radius 2 is 1.83 bits per heavy atom. The van der Waals surface area contributed by atoms with Crippen LogP contribution in [0.1, 0.15) is 60.4 Å². The van der Waals surface area contributed by atoms with Gasteiger partial charge in [0.1, 0.15) is 5.65 Å². The summed E-state index contributed by atoms with van der Waals surface area (Å²) in [6.07, 6.45) is 8.69. The first-order valence-corrected chi connectivity index (χ1v) is 9.21. The molecule has 0 bridgehead atoms. The molecule has 2 heterocycles. The highest BCUT2D eigenvalue weighted by Crippen LogP contribution is 2.38. The second kappa shape index (κ2) is 6.43. The molecule has 2 nitrogen and oxygen atoms in total. The fraction of sp³-hybridized carbons (Fsp3) is 0.409. The monoisotopic (exact) mass is 318 g/mol. The van der Waals surface area contributed by atoms with E-state index >= 15 is 0 Å². The smallest absolute Gasteiger partial charge is 0.137 e. The number of H-pyrrole nitrogens is 1. The van der Waals surface area contributed by atoms with Gasteiger partial charge in [-0.3, -0.25) is 0 Å². The zero-order valence-electron chi connectivity index (χ0n) is 14.7. The van der Waals surface area contributed by atoms with E-state index < -0.39 is 0 Å². The molecule has 0 saturated heterocycles. The number of pyridine rings is 1. The number of nitrogens with zero attached hydrogens (tertiary/aromatic N) is 1. The lowest BCUT2D eigenvalue weighted by Gasteiger charge is -2.21. The second-order valence-electron chi connectivity index (χ2n) is 7.53. The Labute approximate surface area is 144 Å². The molecule has 4 rings (SSSR count). The zero-order chi connectivity index (χ0) is 16.5. The Kier molecular flexibility index (Phi) is 4.13. The van der Waals surface area contributed by atoms with Crippen LogP contribution in [0.3, 0.4) is 0 Å². The third-order valence-electron chi connectivity index (χ3n) is 5.48. The largest absolute Gasteiger partial charge is 0.343 e. The first-order valence-electron chi connectivity index (χ1n) is 9.21. The molecule has 0 radical (unpaired) electrons. The molecule has 2 aromatic heterocycles. The molecule has 1 aliphatic rings. The van der Waals surface area contributed by atoms with Gasteiger partial charge in [-0.25, -0.2) is 4.98 Å². The van der Waals surface area contributed by atoms with Gasteiger partial charge in [0.25, 0.3) is 0 Å². The Bertz CT molecular complexity index is 787. The minimum absolute atomic E-state index is 0.445. The lowest BCUT2D eigenvalue weighted by molar-refractivity contribution is 0.469. The van der Waals surface area contributed by atoms with Crippen molar-refractivity contribution in [1.29, 1.82) is 0 Å². The highest BCUT2D eigenvalue weighted by molar-refractivity contribution is 5.76. The van der Waals surface area contributed by atoms with Gasteiger partial charge in [-0.15, -0.1) is 0 Å². The van der Waals surface area contributed by atoms with E-state index in [9.17, 15) is 0 Å². The van der Waals surface area contributed by atoms with Crippen molar-refractivity contribution in [2.24, 2.45) is 5.92 Å². The lowest BCUT2D eigenvalue weighted by atomic mass is 9.84. The van der Waals surface area contributed by atoms with E-state index in [1.807, 2.05) is 12.3 Å². The third-order valence-corrected chi connectivity index (χ3v) is 5.48. The average molecular weight is 318 g/mol. The van der Waals surface area contributed by atoms with Gasteiger partial charge in [-0.05, 0) is 49.9 Å². The molecule has 1 unspecified atom stereocenters. The van der Waals surface area contributed by atoms with Crippen molar-refractivity contribution in [1.82, 2.24) is 9.97 Å². The summed E-state index contributed by atoms with van der Waals surface area (Å²) in [4.78, 5) is 8.09. The van der Waals surface area contributed by atoms with Crippen LogP contribution >= 0.6 is 0 Å². The predicted octanol–water partition coefficient (Wildman–Crippen LogP) is 5.89. The maximum absolute atomic E-state index is 4.49. The standard InChI is InChI=1S/C22H26N2/c1-15-10-16(2)12-19(11-15)20(13-17-6-3-4-7-17)21-14-18-8-5-9-23-22(18)24-21/h5,8-12,14,17,20H,3-4,6-7,13H2,1-2H3,(H,23,24). The van der Waals surface area contributed by atoms with Crippen molar-refractivity contribution < 1.29 is 0 Å². The molecule has 1 aromatic carbocycles. The lowest BCUT2D eigenvalue weighted by Crippen LogP contribution is -2.08. The van der Waals surface area contributed by atoms with Gasteiger partial charge >= 0.3 is 0 Å². The van der Waals surface area contributed by atoms with Gasteiger partial charge in [-0.2, -0.15) is 0 Å². The molecular weight excluding hydrogens is 292 g/mol. The summed E-state index contributed by atoms with van der Waals surface area (Å²) in [6, 6.07) is 13.5. The Morgan fingerprint density at radius 1 is 1.08 bits per heavy atom. The van der Waals surface area contributed by atoms with E-state index in [4.69, 9.17) is 0 Å². The maximum Gasteiger partial charge on any atom is 0.137 e. The summed E-state index contributed by atoms with van der Waals surface area (Å²) in [7, 11) is 0. The van der Waals surface area contributed by atoms with Crippen molar-refractivity contribution in [2.75, 3.05) is 0 Å². The third kappa shape index (κ3) is 3.10. The quantitative estimate of drug-likeness (QED) is 0.638. The van der Waals surface area contributed by atoms with Crippen molar-refractivity contribution in [3.8, 4) is 0 Å². The molecule has 124 valence electrons. The van der Waals surface area contributed by atoms with Crippen molar-refractivity contribution >= 4 is 11.0 Å². The molecule has 2 heteroatoms. The van der Waals surface area contributed by atoms with E-state index in [0.717, 1.165) is 11.6 Å². The van der Waals surface area contributed by atoms with E-state index in [-0.39, 0.29) is 0 Å². The van der Waals surface area contributed by atoms with E-state index in [1.165, 1.54) is 59.9 Å². The highest BCUT2D eigenvalue weighted by atomic mass is 14.9. The van der Waals surface area contributed by atoms with Crippen LogP contribution in [0.15, 0.2) is 42.6 Å². The van der Waals surface area contributed by atoms with Gasteiger partial charge in [0.2, 0.25) is 0 Å². The SMILES string of the molecule is Cc1cc(C)cc(C(CC2CCCC2)c2cc3cccnc3[nH]2)c1. The number of benzene rings is 1. The van der Waals surface area contributed by atoms with Crippen LogP contribution in [0.25, 0.3) is 11.0 Å². The van der Waals surface area contributed by atoms with Crippen molar-refractivity contribution in [3.63, 3.8) is 0 Å². The number of aromatic nitrogens is 2. The molecule has 24 heavy (non-hydrogen) atoms. The van der Waals surface area contributed by atoms with Crippen LogP contribution in [0.2, 0.25) is 0 Å². The van der Waals surface area contributed by atoms with Crippen LogP contribution in [0, 0.1) is 19.8 Å². The Hall–Kier alpha value is -2.09. The van der Waals surface area contributed by atoms with Gasteiger partial charge in [0.15, 0.2) is 0 Å². The van der Waals surface area contributed by atoms with Crippen LogP contribution < -0.4 is 0 Å². The molecule has 1 aliphatic carbocycles. The number of fused-ring (bicyclic) bond motifs is 1. The number of nitrogens with one attached hydrogen (secondary N) is 1. The van der Waals surface area contributed by atoms with E-state index in [1.54, 1.807) is 0 Å². The molecule has 0 amide bonds. The van der Waals surface area contributed by atoms with Gasteiger partial charge in [0, 0.05) is 23.2 Å². The maximum atomic E-state index is 4.49. The first-order chi connectivity index (χ1) is 11.7. The second-order valence-corrected chi connectivity index (χ2v) is 7.53. The number of aryl methyl sites for hydroxylation is 2. The topological polar surface area (TPSA) is 28.7 Å². The summed E-state index contributed by atoms with van der Waals surface area (Å²) in [5, 5.41) is 1.22. The predicted molar refractivity (Wildman–Crippen MR) is 100 cm³/mol. The molecule has 3 aromatic rings. The van der Waals surface area contributed by atoms with Gasteiger partial charge in [0.05, 0.1) is 0 Å². The number of hydrogen-bond donors (Lipinski definition) is 1. The zero-order valence-corrected chi connectivity index (χ0v) is 14.7. The average Bonchev–Trinajstić information content (AvgIpc) is 3.20. The van der Waals surface area contributed by atoms with E-state index in [0.29, 0.717) is 5.92 Å². The fourth-order valence-corrected chi connectivity index (χ4v) is 4.40. The summed E-state index contributed by atoms with van der Waals surface area (Å²) in [5.74, 6) is 1.30. The van der Waals surface area contributed by atoms with Crippen molar-refractivity contribution in [3.05, 3.63) is 65.0 Å². The molecule has 0 aliphatic heterocycles. The van der Waals surface area contributed by atoms with Crippen LogP contribution in [-0.4, -0.2) is 9.97 Å². The molecule has 1 saturated carbocycles. The number of rotatable bonds is 4. The minimum Gasteiger partial charge on any atom is -0.343 e. The summed E-state index contributed by atoms with van der Waals surface area (Å²) in [5.41, 5.74) is 6.49. The first kappa shape index (κ1) is 15.4. The normalized spacial score (nSPS) is 16.8. The minimum atomic E-state index is 0.445. The van der Waals surface area contributed by atoms with Crippen LogP contribution in [0.5, 0.6) is 0 Å². The molecule has 1 atom stereocenters.